The van der Waals surface area contributed by atoms with Gasteiger partial charge < -0.3 is 30.8 Å². The zero-order valence-corrected chi connectivity index (χ0v) is 20.7. The zero-order chi connectivity index (χ0) is 26.4. The molecule has 0 aliphatic carbocycles. The summed E-state index contributed by atoms with van der Waals surface area (Å²) < 4.78 is 5.46. The SMILES string of the molecule is Cc1oc(CC(C(N)=O)N(C)C(=O)C(C(C)C)N(C)C(=O)[C@@H](N)Cc2ccccc2)cc1C(=O)O. The molecule has 5 N–H and O–H groups in total. The molecule has 0 saturated heterocycles. The second-order valence-electron chi connectivity index (χ2n) is 8.99. The second kappa shape index (κ2) is 11.7. The van der Waals surface area contributed by atoms with Crippen LogP contribution in [0, 0.1) is 12.8 Å². The van der Waals surface area contributed by atoms with Crippen LogP contribution in [0.5, 0.6) is 0 Å². The number of primary amides is 1. The van der Waals surface area contributed by atoms with Gasteiger partial charge in [0.1, 0.15) is 29.2 Å². The molecule has 1 heterocycles. The molecule has 3 amide bonds. The van der Waals surface area contributed by atoms with Crippen LogP contribution in [0.2, 0.25) is 0 Å². The third kappa shape index (κ3) is 6.69. The van der Waals surface area contributed by atoms with Crippen molar-refractivity contribution in [1.82, 2.24) is 9.80 Å². The van der Waals surface area contributed by atoms with Crippen LogP contribution >= 0.6 is 0 Å². The Morgan fingerprint density at radius 2 is 1.60 bits per heavy atom. The number of carbonyl (C=O) groups is 4. The predicted octanol–water partition coefficient (Wildman–Crippen LogP) is 1.19. The molecule has 0 fully saturated rings. The van der Waals surface area contributed by atoms with Crippen molar-refractivity contribution in [3.8, 4) is 0 Å². The van der Waals surface area contributed by atoms with Gasteiger partial charge in [-0.25, -0.2) is 4.79 Å². The largest absolute Gasteiger partial charge is 0.478 e. The number of carbonyl (C=O) groups excluding carboxylic acids is 3. The number of carboxylic acids is 1. The Morgan fingerprint density at radius 1 is 1.00 bits per heavy atom. The summed E-state index contributed by atoms with van der Waals surface area (Å²) in [5, 5.41) is 9.24. The highest BCUT2D eigenvalue weighted by Crippen LogP contribution is 2.20. The van der Waals surface area contributed by atoms with Gasteiger partial charge in [-0.05, 0) is 30.9 Å². The molecule has 0 aliphatic heterocycles. The first-order valence-electron chi connectivity index (χ1n) is 11.3. The third-order valence-corrected chi connectivity index (χ3v) is 6.00. The summed E-state index contributed by atoms with van der Waals surface area (Å²) in [5.41, 5.74) is 12.6. The number of hydrogen-bond acceptors (Lipinski definition) is 6. The summed E-state index contributed by atoms with van der Waals surface area (Å²) in [6.07, 6.45) is 0.203. The Kier molecular flexibility index (Phi) is 9.18. The highest BCUT2D eigenvalue weighted by molar-refractivity contribution is 5.93. The molecule has 1 aromatic carbocycles. The molecule has 0 saturated carbocycles. The number of carboxylic acid groups (broad SMARTS) is 1. The molecular weight excluding hydrogens is 452 g/mol. The molecular formula is C25H34N4O6. The Balaban J connectivity index is 2.22. The molecule has 2 unspecified atom stereocenters. The Bertz CT molecular complexity index is 1070. The monoisotopic (exact) mass is 486 g/mol. The number of benzene rings is 1. The first-order chi connectivity index (χ1) is 16.3. The van der Waals surface area contributed by atoms with Crippen LogP contribution in [0.1, 0.15) is 41.3 Å². The Hall–Kier alpha value is -3.66. The first-order valence-corrected chi connectivity index (χ1v) is 11.3. The standard InChI is InChI=1S/C25H34N4O6/c1-14(2)21(29(5)23(31)19(26)11-16-9-7-6-8-10-16)24(32)28(4)20(22(27)30)13-17-12-18(25(33)34)15(3)35-17/h6-10,12,14,19-21H,11,13,26H2,1-5H3,(H2,27,30)(H,33,34)/t19-,20?,21?/m0/s1. The van der Waals surface area contributed by atoms with Crippen LogP contribution in [0.3, 0.4) is 0 Å². The number of hydrogen-bond donors (Lipinski definition) is 3. The molecule has 190 valence electrons. The van der Waals surface area contributed by atoms with Gasteiger partial charge in [-0.3, -0.25) is 14.4 Å². The fourth-order valence-electron chi connectivity index (χ4n) is 4.09. The van der Waals surface area contributed by atoms with E-state index in [0.717, 1.165) is 5.56 Å². The van der Waals surface area contributed by atoms with Gasteiger partial charge in [0, 0.05) is 20.5 Å². The zero-order valence-electron chi connectivity index (χ0n) is 20.7. The molecule has 1 aromatic heterocycles. The number of rotatable bonds is 11. The lowest BCUT2D eigenvalue weighted by atomic mass is 9.98. The lowest BCUT2D eigenvalue weighted by Crippen LogP contribution is -2.58. The van der Waals surface area contributed by atoms with E-state index in [4.69, 9.17) is 15.9 Å². The highest BCUT2D eigenvalue weighted by Gasteiger charge is 2.37. The number of nitrogens with two attached hydrogens (primary N) is 2. The van der Waals surface area contributed by atoms with Crippen molar-refractivity contribution in [2.24, 2.45) is 17.4 Å². The summed E-state index contributed by atoms with van der Waals surface area (Å²) >= 11 is 0. The molecule has 10 nitrogen and oxygen atoms in total. The van der Waals surface area contributed by atoms with Gasteiger partial charge in [0.15, 0.2) is 0 Å². The van der Waals surface area contributed by atoms with Crippen LogP contribution in [-0.4, -0.2) is 70.8 Å². The van der Waals surface area contributed by atoms with Gasteiger partial charge in [-0.2, -0.15) is 0 Å². The van der Waals surface area contributed by atoms with E-state index in [-0.39, 0.29) is 29.4 Å². The van der Waals surface area contributed by atoms with E-state index in [9.17, 15) is 24.3 Å². The van der Waals surface area contributed by atoms with Gasteiger partial charge in [-0.1, -0.05) is 44.2 Å². The van der Waals surface area contributed by atoms with Crippen LogP contribution in [-0.2, 0) is 27.2 Å². The Morgan fingerprint density at radius 3 is 2.09 bits per heavy atom. The summed E-state index contributed by atoms with van der Waals surface area (Å²) in [6.45, 7) is 5.07. The summed E-state index contributed by atoms with van der Waals surface area (Å²) in [4.78, 5) is 52.6. The number of aromatic carboxylic acids is 1. The van der Waals surface area contributed by atoms with E-state index in [1.807, 2.05) is 30.3 Å². The van der Waals surface area contributed by atoms with Crippen LogP contribution in [0.4, 0.5) is 0 Å². The predicted molar refractivity (Wildman–Crippen MR) is 129 cm³/mol. The van der Waals surface area contributed by atoms with E-state index < -0.39 is 41.8 Å². The normalized spacial score (nSPS) is 13.7. The minimum absolute atomic E-state index is 0.0324. The molecule has 0 aliphatic rings. The van der Waals surface area contributed by atoms with E-state index in [2.05, 4.69) is 0 Å². The van der Waals surface area contributed by atoms with Crippen LogP contribution < -0.4 is 11.5 Å². The van der Waals surface area contributed by atoms with Crippen molar-refractivity contribution in [2.45, 2.75) is 51.7 Å². The minimum Gasteiger partial charge on any atom is -0.478 e. The van der Waals surface area contributed by atoms with Crippen molar-refractivity contribution >= 4 is 23.7 Å². The third-order valence-electron chi connectivity index (χ3n) is 6.00. The average Bonchev–Trinajstić information content (AvgIpc) is 3.17. The van der Waals surface area contributed by atoms with E-state index in [1.54, 1.807) is 13.8 Å². The van der Waals surface area contributed by atoms with E-state index >= 15 is 0 Å². The number of nitrogens with zero attached hydrogens (tertiary/aromatic N) is 2. The van der Waals surface area contributed by atoms with Gasteiger partial charge >= 0.3 is 5.97 Å². The first kappa shape index (κ1) is 27.6. The second-order valence-corrected chi connectivity index (χ2v) is 8.99. The maximum absolute atomic E-state index is 13.5. The quantitative estimate of drug-likeness (QED) is 0.430. The number of furan rings is 1. The lowest BCUT2D eigenvalue weighted by Gasteiger charge is -2.36. The fourth-order valence-corrected chi connectivity index (χ4v) is 4.09. The van der Waals surface area contributed by atoms with Crippen molar-refractivity contribution in [1.29, 1.82) is 0 Å². The van der Waals surface area contributed by atoms with Gasteiger partial charge in [0.05, 0.1) is 6.04 Å². The fraction of sp³-hybridized carbons (Fsp3) is 0.440. The smallest absolute Gasteiger partial charge is 0.339 e. The molecule has 2 rings (SSSR count). The number of likely N-dealkylation sites (N-methyl/N-ethyl adjacent to an activating group) is 2. The maximum Gasteiger partial charge on any atom is 0.339 e. The average molecular weight is 487 g/mol. The lowest BCUT2D eigenvalue weighted by molar-refractivity contribution is -0.149. The van der Waals surface area contributed by atoms with Gasteiger partial charge in [0.25, 0.3) is 0 Å². The van der Waals surface area contributed by atoms with E-state index in [1.165, 1.54) is 36.9 Å². The van der Waals surface area contributed by atoms with Gasteiger partial charge in [-0.15, -0.1) is 0 Å². The Labute approximate surface area is 204 Å². The van der Waals surface area contributed by atoms with Crippen molar-refractivity contribution in [2.75, 3.05) is 14.1 Å². The summed E-state index contributed by atoms with van der Waals surface area (Å²) in [7, 11) is 2.93. The topological polar surface area (TPSA) is 160 Å². The van der Waals surface area contributed by atoms with Crippen molar-refractivity contribution < 1.29 is 28.7 Å². The van der Waals surface area contributed by atoms with Crippen molar-refractivity contribution in [3.63, 3.8) is 0 Å². The minimum atomic E-state index is -1.16. The highest BCUT2D eigenvalue weighted by atomic mass is 16.4. The van der Waals surface area contributed by atoms with Gasteiger partial charge in [0.2, 0.25) is 17.7 Å². The van der Waals surface area contributed by atoms with Crippen LogP contribution in [0.25, 0.3) is 0 Å². The molecule has 10 heteroatoms. The molecule has 0 bridgehead atoms. The molecule has 35 heavy (non-hydrogen) atoms. The molecule has 3 atom stereocenters. The molecule has 0 radical (unpaired) electrons. The summed E-state index contributed by atoms with van der Waals surface area (Å²) in [6, 6.07) is 7.77. The maximum atomic E-state index is 13.5. The molecule has 2 aromatic rings. The van der Waals surface area contributed by atoms with E-state index in [0.29, 0.717) is 6.42 Å². The number of aryl methyl sites for hydroxylation is 1. The van der Waals surface area contributed by atoms with Crippen LogP contribution in [0.15, 0.2) is 40.8 Å². The van der Waals surface area contributed by atoms with Crippen molar-refractivity contribution in [3.05, 3.63) is 59.0 Å². The summed E-state index contributed by atoms with van der Waals surface area (Å²) in [5.74, 6) is -2.75. The molecule has 0 spiro atoms. The number of amides is 3.